The van der Waals surface area contributed by atoms with Gasteiger partial charge >= 0.3 is 6.01 Å². The third-order valence-electron chi connectivity index (χ3n) is 1.80. The summed E-state index contributed by atoms with van der Waals surface area (Å²) in [6.45, 7) is 0. The first-order chi connectivity index (χ1) is 7.78. The number of benzene rings is 1. The molecule has 0 bridgehead atoms. The molecule has 5 nitrogen and oxygen atoms in total. The third-order valence-corrected chi connectivity index (χ3v) is 1.97. The molecule has 0 unspecified atom stereocenters. The average Bonchev–Trinajstić information content (AvgIpc) is 2.29. The molecule has 0 atom stereocenters. The van der Waals surface area contributed by atoms with E-state index < -0.39 is 0 Å². The number of para-hydroxylation sites is 1. The summed E-state index contributed by atoms with van der Waals surface area (Å²) in [6.07, 6.45) is 0. The molecule has 0 spiro atoms. The Morgan fingerprint density at radius 3 is 2.56 bits per heavy atom. The van der Waals surface area contributed by atoms with Gasteiger partial charge in [-0.05, 0) is 23.7 Å². The van der Waals surface area contributed by atoms with Crippen LogP contribution in [0.15, 0.2) is 30.3 Å². The smallest absolute Gasteiger partial charge is 0.322 e. The van der Waals surface area contributed by atoms with Crippen LogP contribution in [0.2, 0.25) is 5.28 Å². The highest BCUT2D eigenvalue weighted by molar-refractivity contribution is 6.28. The van der Waals surface area contributed by atoms with Crippen LogP contribution in [0.1, 0.15) is 0 Å². The number of aromatic nitrogens is 3. The zero-order valence-corrected chi connectivity index (χ0v) is 9.27. The molecule has 0 amide bonds. The van der Waals surface area contributed by atoms with E-state index >= 15 is 0 Å². The first-order valence-corrected chi connectivity index (χ1v) is 4.93. The minimum atomic E-state index is 0.0882. The van der Waals surface area contributed by atoms with E-state index in [4.69, 9.17) is 16.3 Å². The first-order valence-electron chi connectivity index (χ1n) is 4.55. The van der Waals surface area contributed by atoms with Crippen molar-refractivity contribution >= 4 is 23.2 Å². The van der Waals surface area contributed by atoms with Gasteiger partial charge in [0.15, 0.2) is 0 Å². The molecule has 2 rings (SSSR count). The molecular weight excluding hydrogens is 228 g/mol. The van der Waals surface area contributed by atoms with Crippen molar-refractivity contribution in [3.63, 3.8) is 0 Å². The number of hydrogen-bond donors (Lipinski definition) is 1. The van der Waals surface area contributed by atoms with Gasteiger partial charge in [-0.25, -0.2) is 0 Å². The highest BCUT2D eigenvalue weighted by atomic mass is 35.5. The summed E-state index contributed by atoms with van der Waals surface area (Å²) in [5.41, 5.74) is 0.867. The van der Waals surface area contributed by atoms with E-state index in [9.17, 15) is 0 Å². The second kappa shape index (κ2) is 4.76. The maximum atomic E-state index is 5.71. The van der Waals surface area contributed by atoms with Gasteiger partial charge in [0.25, 0.3) is 0 Å². The molecule has 1 N–H and O–H groups in total. The first kappa shape index (κ1) is 10.6. The topological polar surface area (TPSA) is 59.9 Å². The van der Waals surface area contributed by atoms with Crippen LogP contribution in [0.3, 0.4) is 0 Å². The fourth-order valence-corrected chi connectivity index (χ4v) is 1.28. The van der Waals surface area contributed by atoms with Crippen LogP contribution in [0.4, 0.5) is 11.6 Å². The number of nitrogens with one attached hydrogen (secondary N) is 1. The van der Waals surface area contributed by atoms with Crippen molar-refractivity contribution in [2.24, 2.45) is 0 Å². The number of anilines is 2. The van der Waals surface area contributed by atoms with Crippen molar-refractivity contribution in [3.8, 4) is 6.01 Å². The predicted octanol–water partition coefficient (Wildman–Crippen LogP) is 2.28. The van der Waals surface area contributed by atoms with Gasteiger partial charge in [0.05, 0.1) is 7.11 Å². The molecule has 1 heterocycles. The quantitative estimate of drug-likeness (QED) is 0.886. The zero-order valence-electron chi connectivity index (χ0n) is 8.51. The highest BCUT2D eigenvalue weighted by Crippen LogP contribution is 2.15. The Morgan fingerprint density at radius 1 is 1.12 bits per heavy atom. The molecule has 0 saturated carbocycles. The number of nitrogens with zero attached hydrogens (tertiary/aromatic N) is 3. The molecule has 0 aliphatic rings. The molecule has 0 aliphatic carbocycles. The lowest BCUT2D eigenvalue weighted by Crippen LogP contribution is -2.01. The van der Waals surface area contributed by atoms with Gasteiger partial charge in [0, 0.05) is 5.69 Å². The zero-order chi connectivity index (χ0) is 11.4. The molecule has 0 fully saturated rings. The Labute approximate surface area is 97.5 Å². The van der Waals surface area contributed by atoms with Gasteiger partial charge in [-0.3, -0.25) is 0 Å². The van der Waals surface area contributed by atoms with E-state index in [0.29, 0.717) is 5.95 Å². The molecule has 16 heavy (non-hydrogen) atoms. The summed E-state index contributed by atoms with van der Waals surface area (Å²) in [4.78, 5) is 11.7. The maximum absolute atomic E-state index is 5.71. The predicted molar refractivity (Wildman–Crippen MR) is 61.1 cm³/mol. The Balaban J connectivity index is 2.24. The van der Waals surface area contributed by atoms with Gasteiger partial charge < -0.3 is 10.1 Å². The number of methoxy groups -OCH3 is 1. The second-order valence-corrected chi connectivity index (χ2v) is 3.24. The molecule has 2 aromatic rings. The van der Waals surface area contributed by atoms with Crippen LogP contribution in [0.5, 0.6) is 6.01 Å². The average molecular weight is 237 g/mol. The van der Waals surface area contributed by atoms with Crippen LogP contribution in [-0.4, -0.2) is 22.1 Å². The number of rotatable bonds is 3. The Hall–Kier alpha value is -1.88. The number of halogens is 1. The van der Waals surface area contributed by atoms with Crippen molar-refractivity contribution in [2.45, 2.75) is 0 Å². The lowest BCUT2D eigenvalue weighted by Gasteiger charge is -2.05. The van der Waals surface area contributed by atoms with Crippen LogP contribution < -0.4 is 10.1 Å². The summed E-state index contributed by atoms with van der Waals surface area (Å²) in [6, 6.07) is 9.70. The maximum Gasteiger partial charge on any atom is 0.322 e. The largest absolute Gasteiger partial charge is 0.467 e. The van der Waals surface area contributed by atoms with Crippen LogP contribution in [-0.2, 0) is 0 Å². The van der Waals surface area contributed by atoms with E-state index in [1.807, 2.05) is 30.3 Å². The SMILES string of the molecule is COc1nc(Cl)nc(Nc2ccccc2)n1. The van der Waals surface area contributed by atoms with E-state index in [1.165, 1.54) is 7.11 Å². The normalized spacial score (nSPS) is 9.88. The van der Waals surface area contributed by atoms with Gasteiger partial charge in [-0.2, -0.15) is 15.0 Å². The summed E-state index contributed by atoms with van der Waals surface area (Å²) in [5, 5.41) is 3.08. The summed E-state index contributed by atoms with van der Waals surface area (Å²) >= 11 is 5.71. The highest BCUT2D eigenvalue weighted by Gasteiger charge is 2.04. The molecule has 82 valence electrons. The molecule has 1 aromatic heterocycles. The molecule has 0 radical (unpaired) electrons. The van der Waals surface area contributed by atoms with Crippen molar-refractivity contribution in [2.75, 3.05) is 12.4 Å². The minimum absolute atomic E-state index is 0.0882. The van der Waals surface area contributed by atoms with E-state index in [-0.39, 0.29) is 11.3 Å². The fraction of sp³-hybridized carbons (Fsp3) is 0.100. The van der Waals surface area contributed by atoms with Gasteiger partial charge in [0.2, 0.25) is 11.2 Å². The Kier molecular flexibility index (Phi) is 3.16. The van der Waals surface area contributed by atoms with Crippen LogP contribution in [0.25, 0.3) is 0 Å². The molecule has 0 saturated heterocycles. The number of hydrogen-bond acceptors (Lipinski definition) is 5. The van der Waals surface area contributed by atoms with Crippen LogP contribution in [0, 0.1) is 0 Å². The van der Waals surface area contributed by atoms with Crippen LogP contribution >= 0.6 is 11.6 Å². The number of ether oxygens (including phenoxy) is 1. The molecule has 1 aromatic carbocycles. The molecule has 0 aliphatic heterocycles. The summed E-state index contributed by atoms with van der Waals surface area (Å²) in [7, 11) is 1.47. The summed E-state index contributed by atoms with van der Waals surface area (Å²) < 4.78 is 4.89. The summed E-state index contributed by atoms with van der Waals surface area (Å²) in [5.74, 6) is 0.350. The van der Waals surface area contributed by atoms with Gasteiger partial charge in [-0.1, -0.05) is 18.2 Å². The van der Waals surface area contributed by atoms with E-state index in [0.717, 1.165) is 5.69 Å². The van der Waals surface area contributed by atoms with Crippen molar-refractivity contribution in [1.29, 1.82) is 0 Å². The second-order valence-electron chi connectivity index (χ2n) is 2.91. The monoisotopic (exact) mass is 236 g/mol. The van der Waals surface area contributed by atoms with Crippen molar-refractivity contribution in [1.82, 2.24) is 15.0 Å². The third kappa shape index (κ3) is 2.58. The van der Waals surface area contributed by atoms with Gasteiger partial charge in [-0.15, -0.1) is 0 Å². The lowest BCUT2D eigenvalue weighted by atomic mass is 10.3. The van der Waals surface area contributed by atoms with Crippen molar-refractivity contribution in [3.05, 3.63) is 35.6 Å². The molecule has 6 heteroatoms. The fourth-order valence-electron chi connectivity index (χ4n) is 1.13. The van der Waals surface area contributed by atoms with E-state index in [2.05, 4.69) is 20.3 Å². The Bertz CT molecular complexity index is 478. The minimum Gasteiger partial charge on any atom is -0.467 e. The lowest BCUT2D eigenvalue weighted by molar-refractivity contribution is 0.379. The van der Waals surface area contributed by atoms with Gasteiger partial charge in [0.1, 0.15) is 0 Å². The van der Waals surface area contributed by atoms with E-state index in [1.54, 1.807) is 0 Å². The van der Waals surface area contributed by atoms with Crippen molar-refractivity contribution < 1.29 is 4.74 Å². The Morgan fingerprint density at radius 2 is 1.88 bits per heavy atom. The molecular formula is C10H9ClN4O. The standard InChI is InChI=1S/C10H9ClN4O/c1-16-10-14-8(11)13-9(15-10)12-7-5-3-2-4-6-7/h2-6H,1H3,(H,12,13,14,15).